The molecule has 5 rings (SSSR count). The number of anilines is 1. The Balaban J connectivity index is 1.80. The van der Waals surface area contributed by atoms with Crippen LogP contribution in [0, 0.1) is 5.82 Å². The molecule has 4 aromatic rings. The lowest BCUT2D eigenvalue weighted by Crippen LogP contribution is -2.29. The number of aromatic nitrogens is 6. The minimum Gasteiger partial charge on any atom is -0.383 e. The third kappa shape index (κ3) is 2.39. The number of hydrogen-bond donors (Lipinski definition) is 1. The number of halogens is 1. The van der Waals surface area contributed by atoms with Crippen molar-refractivity contribution in [2.45, 2.75) is 38.3 Å². The van der Waals surface area contributed by atoms with Gasteiger partial charge in [-0.05, 0) is 31.4 Å². The van der Waals surface area contributed by atoms with Gasteiger partial charge < -0.3 is 5.73 Å². The van der Waals surface area contributed by atoms with Crippen LogP contribution >= 0.6 is 0 Å². The zero-order valence-corrected chi connectivity index (χ0v) is 15.2. The van der Waals surface area contributed by atoms with Crippen molar-refractivity contribution in [3.8, 4) is 0 Å². The molecular formula is C19H18FN7O. The molecule has 1 fully saturated rings. The first-order valence-electron chi connectivity index (χ1n) is 9.24. The molecule has 1 unspecified atom stereocenters. The van der Waals surface area contributed by atoms with Crippen LogP contribution in [-0.2, 0) is 0 Å². The average Bonchev–Trinajstić information content (AvgIpc) is 3.42. The zero-order valence-electron chi connectivity index (χ0n) is 15.2. The van der Waals surface area contributed by atoms with Crippen molar-refractivity contribution in [1.29, 1.82) is 0 Å². The average molecular weight is 379 g/mol. The molecular weight excluding hydrogens is 361 g/mol. The summed E-state index contributed by atoms with van der Waals surface area (Å²) in [5.41, 5.74) is 6.52. The summed E-state index contributed by atoms with van der Waals surface area (Å²) in [4.78, 5) is 26.2. The van der Waals surface area contributed by atoms with Gasteiger partial charge in [-0.1, -0.05) is 13.0 Å². The summed E-state index contributed by atoms with van der Waals surface area (Å²) in [5, 5.41) is 5.14. The van der Waals surface area contributed by atoms with Gasteiger partial charge in [-0.25, -0.2) is 24.0 Å². The van der Waals surface area contributed by atoms with Gasteiger partial charge in [0, 0.05) is 6.04 Å². The van der Waals surface area contributed by atoms with Gasteiger partial charge in [0.15, 0.2) is 5.65 Å². The third-order valence-electron chi connectivity index (χ3n) is 5.22. The maximum absolute atomic E-state index is 14.3. The molecule has 0 radical (unpaired) electrons. The van der Waals surface area contributed by atoms with Crippen LogP contribution in [0.25, 0.3) is 21.9 Å². The van der Waals surface area contributed by atoms with Gasteiger partial charge >= 0.3 is 0 Å². The Morgan fingerprint density at radius 3 is 2.89 bits per heavy atom. The monoisotopic (exact) mass is 379 g/mol. The molecule has 28 heavy (non-hydrogen) atoms. The number of nitrogen functional groups attached to an aromatic ring is 1. The molecule has 0 saturated heterocycles. The van der Waals surface area contributed by atoms with E-state index in [4.69, 9.17) is 10.7 Å². The Morgan fingerprint density at radius 1 is 1.32 bits per heavy atom. The highest BCUT2D eigenvalue weighted by atomic mass is 19.1. The van der Waals surface area contributed by atoms with Crippen molar-refractivity contribution in [3.05, 3.63) is 52.7 Å². The maximum Gasteiger partial charge on any atom is 0.264 e. The summed E-state index contributed by atoms with van der Waals surface area (Å²) in [5.74, 6) is 0.364. The van der Waals surface area contributed by atoms with E-state index in [9.17, 15) is 9.18 Å². The molecule has 142 valence electrons. The quantitative estimate of drug-likeness (QED) is 0.584. The van der Waals surface area contributed by atoms with Gasteiger partial charge in [0.25, 0.3) is 5.56 Å². The number of nitrogens with zero attached hydrogens (tertiary/aromatic N) is 6. The first kappa shape index (κ1) is 16.8. The van der Waals surface area contributed by atoms with Gasteiger partial charge in [-0.15, -0.1) is 0 Å². The minimum atomic E-state index is -0.547. The van der Waals surface area contributed by atoms with Crippen molar-refractivity contribution in [2.24, 2.45) is 0 Å². The fourth-order valence-corrected chi connectivity index (χ4v) is 3.71. The van der Waals surface area contributed by atoms with Crippen LogP contribution in [0.15, 0.2) is 35.5 Å². The van der Waals surface area contributed by atoms with Crippen molar-refractivity contribution in [1.82, 2.24) is 29.3 Å². The molecule has 1 aromatic carbocycles. The predicted octanol–water partition coefficient (Wildman–Crippen LogP) is 2.59. The number of hydrogen-bond acceptors (Lipinski definition) is 6. The summed E-state index contributed by atoms with van der Waals surface area (Å²) in [6.45, 7) is 1.99. The fraction of sp³-hybridized carbons (Fsp3) is 0.316. The Morgan fingerprint density at radius 2 is 2.14 bits per heavy atom. The first-order valence-corrected chi connectivity index (χ1v) is 9.24. The van der Waals surface area contributed by atoms with E-state index in [2.05, 4.69) is 15.1 Å². The number of fused-ring (bicyclic) bond motifs is 2. The Bertz CT molecular complexity index is 1270. The van der Waals surface area contributed by atoms with Gasteiger partial charge in [-0.2, -0.15) is 5.10 Å². The number of rotatable bonds is 4. The smallest absolute Gasteiger partial charge is 0.264 e. The Kier molecular flexibility index (Phi) is 3.65. The molecule has 1 saturated carbocycles. The van der Waals surface area contributed by atoms with Gasteiger partial charge in [0.2, 0.25) is 0 Å². The van der Waals surface area contributed by atoms with Crippen LogP contribution in [0.4, 0.5) is 10.2 Å². The van der Waals surface area contributed by atoms with E-state index in [-0.39, 0.29) is 23.0 Å². The molecule has 1 aliphatic carbocycles. The molecule has 3 heterocycles. The molecule has 1 atom stereocenters. The first-order chi connectivity index (χ1) is 13.6. The fourth-order valence-electron chi connectivity index (χ4n) is 3.71. The molecule has 0 spiro atoms. The van der Waals surface area contributed by atoms with Crippen molar-refractivity contribution < 1.29 is 4.39 Å². The topological polar surface area (TPSA) is 105 Å². The van der Waals surface area contributed by atoms with Crippen molar-refractivity contribution in [3.63, 3.8) is 0 Å². The second-order valence-electron chi connectivity index (χ2n) is 7.02. The van der Waals surface area contributed by atoms with Crippen LogP contribution < -0.4 is 11.3 Å². The van der Waals surface area contributed by atoms with Crippen LogP contribution in [0.3, 0.4) is 0 Å². The van der Waals surface area contributed by atoms with Crippen LogP contribution in [-0.4, -0.2) is 29.3 Å². The summed E-state index contributed by atoms with van der Waals surface area (Å²) >= 11 is 0. The van der Waals surface area contributed by atoms with E-state index in [1.54, 1.807) is 27.6 Å². The maximum atomic E-state index is 14.3. The highest BCUT2D eigenvalue weighted by molar-refractivity contribution is 5.85. The van der Waals surface area contributed by atoms with Gasteiger partial charge in [-0.3, -0.25) is 9.36 Å². The van der Waals surface area contributed by atoms with Crippen LogP contribution in [0.1, 0.15) is 44.1 Å². The third-order valence-corrected chi connectivity index (χ3v) is 5.22. The normalized spacial score (nSPS) is 15.4. The van der Waals surface area contributed by atoms with E-state index in [0.717, 1.165) is 12.8 Å². The predicted molar refractivity (Wildman–Crippen MR) is 102 cm³/mol. The molecule has 3 aromatic heterocycles. The van der Waals surface area contributed by atoms with Gasteiger partial charge in [0.05, 0.1) is 17.1 Å². The minimum absolute atomic E-state index is 0.0323. The lowest BCUT2D eigenvalue weighted by Gasteiger charge is -2.21. The summed E-state index contributed by atoms with van der Waals surface area (Å²) in [7, 11) is 0. The largest absolute Gasteiger partial charge is 0.383 e. The molecule has 0 aliphatic heterocycles. The lowest BCUT2D eigenvalue weighted by atomic mass is 10.1. The molecule has 0 bridgehead atoms. The Hall–Kier alpha value is -3.36. The summed E-state index contributed by atoms with van der Waals surface area (Å²) in [6.07, 6.45) is 5.38. The highest BCUT2D eigenvalue weighted by Gasteiger charge is 2.32. The van der Waals surface area contributed by atoms with Gasteiger partial charge in [0.1, 0.15) is 35.2 Å². The van der Waals surface area contributed by atoms with Crippen molar-refractivity contribution in [2.75, 3.05) is 5.73 Å². The van der Waals surface area contributed by atoms with Crippen molar-refractivity contribution >= 4 is 27.8 Å². The molecule has 1 aliphatic rings. The summed E-state index contributed by atoms with van der Waals surface area (Å²) in [6, 6.07) is 4.21. The van der Waals surface area contributed by atoms with Crippen LogP contribution in [0.5, 0.6) is 0 Å². The van der Waals surface area contributed by atoms with Crippen LogP contribution in [0.2, 0.25) is 0 Å². The molecule has 0 amide bonds. The lowest BCUT2D eigenvalue weighted by molar-refractivity contribution is 0.460. The molecule has 9 heteroatoms. The number of nitrogens with two attached hydrogens (primary N) is 1. The molecule has 8 nitrogen and oxygen atoms in total. The highest BCUT2D eigenvalue weighted by Crippen LogP contribution is 2.37. The number of benzene rings is 1. The van der Waals surface area contributed by atoms with E-state index in [0.29, 0.717) is 34.6 Å². The standard InChI is InChI=1S/C19H18FN7O/c1-2-14(27-17-11(8-24-27)16(21)22-9-23-17)18-25-13-5-3-4-12(20)15(13)19(28)26(18)10-6-7-10/h3-5,8-10,14H,2,6-7H2,1H3,(H2,21,22,23). The SMILES string of the molecule is CCC(c1nc2cccc(F)c2c(=O)n1C1CC1)n1ncc2c(N)ncnc21. The second-order valence-corrected chi connectivity index (χ2v) is 7.02. The van der Waals surface area contributed by atoms with E-state index >= 15 is 0 Å². The Labute approximate surface area is 158 Å². The zero-order chi connectivity index (χ0) is 19.4. The van der Waals surface area contributed by atoms with E-state index < -0.39 is 5.82 Å². The molecule has 2 N–H and O–H groups in total. The second kappa shape index (κ2) is 6.08. The summed E-state index contributed by atoms with van der Waals surface area (Å²) < 4.78 is 17.7. The van der Waals surface area contributed by atoms with E-state index in [1.165, 1.54) is 12.4 Å². The van der Waals surface area contributed by atoms with E-state index in [1.807, 2.05) is 6.92 Å².